The van der Waals surface area contributed by atoms with E-state index in [4.69, 9.17) is 10.8 Å². The smallest absolute Gasteiger partial charge is 0.121 e. The van der Waals surface area contributed by atoms with Gasteiger partial charge in [-0.3, -0.25) is 9.58 Å². The molecule has 3 rings (SSSR count). The summed E-state index contributed by atoms with van der Waals surface area (Å²) in [6, 6.07) is 2.51. The second kappa shape index (κ2) is 6.14. The van der Waals surface area contributed by atoms with E-state index in [1.807, 2.05) is 4.68 Å². The number of anilines is 1. The first-order valence-corrected chi connectivity index (χ1v) is 8.07. The highest BCUT2D eigenvalue weighted by Gasteiger charge is 2.28. The number of aryl methyl sites for hydroxylation is 1. The molecule has 2 fully saturated rings. The van der Waals surface area contributed by atoms with Crippen molar-refractivity contribution in [3.63, 3.8) is 0 Å². The Kier molecular flexibility index (Phi) is 4.27. The van der Waals surface area contributed by atoms with E-state index in [1.54, 1.807) is 0 Å². The van der Waals surface area contributed by atoms with Gasteiger partial charge in [-0.25, -0.2) is 0 Å². The Labute approximate surface area is 121 Å². The maximum Gasteiger partial charge on any atom is 0.121 e. The fourth-order valence-electron chi connectivity index (χ4n) is 3.53. The molecule has 2 saturated heterocycles. The Bertz CT molecular complexity index is 429. The van der Waals surface area contributed by atoms with E-state index in [2.05, 4.69) is 22.8 Å². The lowest BCUT2D eigenvalue weighted by atomic mass is 10.1. The van der Waals surface area contributed by atoms with Crippen molar-refractivity contribution < 1.29 is 0 Å². The molecule has 0 bridgehead atoms. The molecule has 2 aliphatic rings. The van der Waals surface area contributed by atoms with Crippen LogP contribution in [-0.4, -0.2) is 52.3 Å². The van der Waals surface area contributed by atoms with Gasteiger partial charge in [-0.1, -0.05) is 0 Å². The molecule has 0 saturated carbocycles. The summed E-state index contributed by atoms with van der Waals surface area (Å²) in [6.07, 6.45) is 5.33. The van der Waals surface area contributed by atoms with Crippen LogP contribution in [0.15, 0.2) is 6.07 Å². The lowest BCUT2D eigenvalue weighted by Gasteiger charge is -2.29. The summed E-state index contributed by atoms with van der Waals surface area (Å²) in [5, 5.41) is 4.74. The van der Waals surface area contributed by atoms with Crippen LogP contribution in [0.1, 0.15) is 44.3 Å². The molecular weight excluding hydrogens is 250 g/mol. The standard InChI is InChI=1S/C15H27N5/c1-2-20-15(16)11-13(17-20)14(19-9-5-6-10-19)12-18-7-3-4-8-18/h11,14H,2-10,12,16H2,1H3. The third kappa shape index (κ3) is 2.83. The minimum absolute atomic E-state index is 0.422. The van der Waals surface area contributed by atoms with E-state index in [1.165, 1.54) is 51.9 Å². The van der Waals surface area contributed by atoms with Crippen molar-refractivity contribution in [1.82, 2.24) is 19.6 Å². The zero-order valence-electron chi connectivity index (χ0n) is 12.6. The molecule has 1 atom stereocenters. The summed E-state index contributed by atoms with van der Waals surface area (Å²) in [4.78, 5) is 5.18. The van der Waals surface area contributed by atoms with Crippen LogP contribution in [0.3, 0.4) is 0 Å². The summed E-state index contributed by atoms with van der Waals surface area (Å²) in [5.41, 5.74) is 7.23. The fourth-order valence-corrected chi connectivity index (χ4v) is 3.53. The Balaban J connectivity index is 1.79. The van der Waals surface area contributed by atoms with Crippen LogP contribution in [0.4, 0.5) is 5.82 Å². The number of rotatable bonds is 5. The summed E-state index contributed by atoms with van der Waals surface area (Å²) >= 11 is 0. The number of aromatic nitrogens is 2. The molecule has 2 aliphatic heterocycles. The van der Waals surface area contributed by atoms with Gasteiger partial charge in [0.15, 0.2) is 0 Å². The third-order valence-corrected chi connectivity index (χ3v) is 4.68. The van der Waals surface area contributed by atoms with E-state index in [0.29, 0.717) is 6.04 Å². The third-order valence-electron chi connectivity index (χ3n) is 4.68. The Morgan fingerprint density at radius 1 is 1.15 bits per heavy atom. The van der Waals surface area contributed by atoms with E-state index >= 15 is 0 Å². The van der Waals surface area contributed by atoms with E-state index in [9.17, 15) is 0 Å². The van der Waals surface area contributed by atoms with Crippen molar-refractivity contribution in [1.29, 1.82) is 0 Å². The van der Waals surface area contributed by atoms with Crippen molar-refractivity contribution in [2.24, 2.45) is 0 Å². The minimum atomic E-state index is 0.422. The van der Waals surface area contributed by atoms with Crippen LogP contribution in [0.2, 0.25) is 0 Å². The van der Waals surface area contributed by atoms with Crippen LogP contribution < -0.4 is 5.73 Å². The van der Waals surface area contributed by atoms with Gasteiger partial charge in [-0.15, -0.1) is 0 Å². The van der Waals surface area contributed by atoms with Crippen LogP contribution in [0, 0.1) is 0 Å². The van der Waals surface area contributed by atoms with Crippen molar-refractivity contribution >= 4 is 5.82 Å². The number of hydrogen-bond donors (Lipinski definition) is 1. The van der Waals surface area contributed by atoms with Gasteiger partial charge in [0.1, 0.15) is 5.82 Å². The molecule has 5 heteroatoms. The first kappa shape index (κ1) is 13.9. The van der Waals surface area contributed by atoms with E-state index in [-0.39, 0.29) is 0 Å². The van der Waals surface area contributed by atoms with Crippen LogP contribution in [0.25, 0.3) is 0 Å². The number of nitrogens with zero attached hydrogens (tertiary/aromatic N) is 4. The number of likely N-dealkylation sites (tertiary alicyclic amines) is 2. The molecular formula is C15H27N5. The second-order valence-corrected chi connectivity index (χ2v) is 6.08. The van der Waals surface area contributed by atoms with Crippen LogP contribution in [-0.2, 0) is 6.54 Å². The van der Waals surface area contributed by atoms with Gasteiger partial charge in [-0.2, -0.15) is 5.10 Å². The average molecular weight is 277 g/mol. The Morgan fingerprint density at radius 3 is 2.40 bits per heavy atom. The van der Waals surface area contributed by atoms with Crippen molar-refractivity contribution in [3.8, 4) is 0 Å². The number of hydrogen-bond acceptors (Lipinski definition) is 4. The molecule has 0 aromatic carbocycles. The molecule has 0 spiro atoms. The molecule has 1 unspecified atom stereocenters. The normalized spacial score (nSPS) is 22.6. The van der Waals surface area contributed by atoms with Gasteiger partial charge in [0.25, 0.3) is 0 Å². The summed E-state index contributed by atoms with van der Waals surface area (Å²) < 4.78 is 1.92. The highest BCUT2D eigenvalue weighted by Crippen LogP contribution is 2.27. The Hall–Kier alpha value is -1.07. The van der Waals surface area contributed by atoms with Gasteiger partial charge in [0, 0.05) is 19.2 Å². The zero-order valence-corrected chi connectivity index (χ0v) is 12.6. The topological polar surface area (TPSA) is 50.3 Å². The molecule has 2 N–H and O–H groups in total. The van der Waals surface area contributed by atoms with E-state index < -0.39 is 0 Å². The van der Waals surface area contributed by atoms with Gasteiger partial charge in [-0.05, 0) is 58.8 Å². The van der Waals surface area contributed by atoms with Crippen molar-refractivity contribution in [3.05, 3.63) is 11.8 Å². The molecule has 5 nitrogen and oxygen atoms in total. The van der Waals surface area contributed by atoms with Crippen molar-refractivity contribution in [2.75, 3.05) is 38.5 Å². The molecule has 112 valence electrons. The van der Waals surface area contributed by atoms with Gasteiger partial charge >= 0.3 is 0 Å². The summed E-state index contributed by atoms with van der Waals surface area (Å²) in [5.74, 6) is 0.799. The molecule has 0 radical (unpaired) electrons. The highest BCUT2D eigenvalue weighted by atomic mass is 15.3. The predicted molar refractivity (Wildman–Crippen MR) is 81.5 cm³/mol. The maximum absolute atomic E-state index is 6.06. The highest BCUT2D eigenvalue weighted by molar-refractivity contribution is 5.32. The molecule has 3 heterocycles. The lowest BCUT2D eigenvalue weighted by Crippen LogP contribution is -2.36. The molecule has 1 aromatic rings. The van der Waals surface area contributed by atoms with Crippen LogP contribution in [0.5, 0.6) is 0 Å². The fraction of sp³-hybridized carbons (Fsp3) is 0.800. The maximum atomic E-state index is 6.06. The quantitative estimate of drug-likeness (QED) is 0.890. The molecule has 20 heavy (non-hydrogen) atoms. The second-order valence-electron chi connectivity index (χ2n) is 6.08. The molecule has 1 aromatic heterocycles. The number of nitrogen functional groups attached to an aromatic ring is 1. The summed E-state index contributed by atoms with van der Waals surface area (Å²) in [7, 11) is 0. The molecule has 0 amide bonds. The Morgan fingerprint density at radius 2 is 1.80 bits per heavy atom. The van der Waals surface area contributed by atoms with E-state index in [0.717, 1.165) is 24.6 Å². The SMILES string of the molecule is CCn1nc(C(CN2CCCC2)N2CCCC2)cc1N. The van der Waals surface area contributed by atoms with Gasteiger partial charge in [0.05, 0.1) is 11.7 Å². The number of nitrogens with two attached hydrogens (primary N) is 1. The summed E-state index contributed by atoms with van der Waals surface area (Å²) in [6.45, 7) is 8.96. The largest absolute Gasteiger partial charge is 0.384 e. The molecule has 0 aliphatic carbocycles. The van der Waals surface area contributed by atoms with Crippen LogP contribution >= 0.6 is 0 Å². The van der Waals surface area contributed by atoms with Gasteiger partial charge in [0.2, 0.25) is 0 Å². The zero-order chi connectivity index (χ0) is 13.9. The monoisotopic (exact) mass is 277 g/mol. The lowest BCUT2D eigenvalue weighted by molar-refractivity contribution is 0.176. The average Bonchev–Trinajstić information content (AvgIpc) is 3.18. The first-order chi connectivity index (χ1) is 9.78. The van der Waals surface area contributed by atoms with Crippen molar-refractivity contribution in [2.45, 2.75) is 45.2 Å². The predicted octanol–water partition coefficient (Wildman–Crippen LogP) is 1.72. The van der Waals surface area contributed by atoms with Gasteiger partial charge < -0.3 is 10.6 Å². The minimum Gasteiger partial charge on any atom is -0.384 e. The first-order valence-electron chi connectivity index (χ1n) is 8.07.